The fourth-order valence-electron chi connectivity index (χ4n) is 1.86. The predicted molar refractivity (Wildman–Crippen MR) is 68.1 cm³/mol. The largest absolute Gasteiger partial charge is 0.383 e. The van der Waals surface area contributed by atoms with Gasteiger partial charge in [-0.2, -0.15) is 5.10 Å². The first-order valence-electron chi connectivity index (χ1n) is 5.48. The van der Waals surface area contributed by atoms with Crippen LogP contribution in [-0.4, -0.2) is 19.7 Å². The number of nitrogens with zero attached hydrogens (tertiary/aromatic N) is 3. The Balaban J connectivity index is 2.11. The summed E-state index contributed by atoms with van der Waals surface area (Å²) >= 11 is 0. The zero-order chi connectivity index (χ0) is 12.5. The number of H-pyrrole nitrogens is 1. The highest BCUT2D eigenvalue weighted by molar-refractivity contribution is 5.84. The van der Waals surface area contributed by atoms with E-state index in [-0.39, 0.29) is 11.4 Å². The number of aromatic nitrogens is 4. The van der Waals surface area contributed by atoms with Crippen molar-refractivity contribution in [3.05, 3.63) is 52.6 Å². The molecular formula is C12H11N5O. The summed E-state index contributed by atoms with van der Waals surface area (Å²) in [6, 6.07) is 9.70. The van der Waals surface area contributed by atoms with E-state index in [4.69, 9.17) is 5.73 Å². The molecule has 90 valence electrons. The van der Waals surface area contributed by atoms with Crippen molar-refractivity contribution >= 4 is 16.9 Å². The number of rotatable bonds is 2. The van der Waals surface area contributed by atoms with Crippen LogP contribution < -0.4 is 11.3 Å². The number of nitrogen functional groups attached to an aromatic ring is 1. The Morgan fingerprint density at radius 1 is 1.28 bits per heavy atom. The van der Waals surface area contributed by atoms with Crippen molar-refractivity contribution < 1.29 is 0 Å². The minimum Gasteiger partial charge on any atom is -0.383 e. The molecule has 3 rings (SSSR count). The van der Waals surface area contributed by atoms with Crippen molar-refractivity contribution in [2.75, 3.05) is 5.73 Å². The van der Waals surface area contributed by atoms with Crippen LogP contribution in [-0.2, 0) is 6.54 Å². The minimum absolute atomic E-state index is 0.185. The van der Waals surface area contributed by atoms with Crippen LogP contribution in [0, 0.1) is 0 Å². The standard InChI is InChI=1S/C12H11N5O/c13-10-9-11(16-15-10)14-7-17(12(9)18)6-8-4-2-1-3-5-8/h1-5,7H,6H2,(H3,13,15,16). The highest BCUT2D eigenvalue weighted by Crippen LogP contribution is 2.10. The van der Waals surface area contributed by atoms with E-state index in [2.05, 4.69) is 15.2 Å². The van der Waals surface area contributed by atoms with Gasteiger partial charge in [-0.3, -0.25) is 14.5 Å². The lowest BCUT2D eigenvalue weighted by Crippen LogP contribution is -2.21. The normalized spacial score (nSPS) is 10.9. The van der Waals surface area contributed by atoms with Crippen LogP contribution in [0.1, 0.15) is 5.56 Å². The first kappa shape index (κ1) is 10.5. The molecule has 2 heterocycles. The fraction of sp³-hybridized carbons (Fsp3) is 0.0833. The fourth-order valence-corrected chi connectivity index (χ4v) is 1.86. The molecule has 3 N–H and O–H groups in total. The van der Waals surface area contributed by atoms with Crippen LogP contribution in [0.2, 0.25) is 0 Å². The summed E-state index contributed by atoms with van der Waals surface area (Å²) in [5, 5.41) is 6.75. The second-order valence-electron chi connectivity index (χ2n) is 4.00. The maximum atomic E-state index is 12.2. The molecule has 0 unspecified atom stereocenters. The van der Waals surface area contributed by atoms with E-state index in [0.717, 1.165) is 5.56 Å². The van der Waals surface area contributed by atoms with Gasteiger partial charge in [0.05, 0.1) is 6.54 Å². The molecule has 1 aromatic carbocycles. The van der Waals surface area contributed by atoms with E-state index in [1.165, 1.54) is 10.9 Å². The molecule has 6 nitrogen and oxygen atoms in total. The third-order valence-electron chi connectivity index (χ3n) is 2.77. The van der Waals surface area contributed by atoms with Crippen LogP contribution in [0.3, 0.4) is 0 Å². The summed E-state index contributed by atoms with van der Waals surface area (Å²) in [6.45, 7) is 0.466. The number of aromatic amines is 1. The van der Waals surface area contributed by atoms with Crippen molar-refractivity contribution in [2.24, 2.45) is 0 Å². The molecule has 0 bridgehead atoms. The van der Waals surface area contributed by atoms with Gasteiger partial charge in [0, 0.05) is 0 Å². The number of nitrogens with two attached hydrogens (primary N) is 1. The molecule has 0 amide bonds. The molecule has 0 spiro atoms. The van der Waals surface area contributed by atoms with Crippen LogP contribution >= 0.6 is 0 Å². The molecule has 2 aromatic heterocycles. The molecule has 0 saturated heterocycles. The first-order chi connectivity index (χ1) is 8.75. The van der Waals surface area contributed by atoms with Crippen molar-refractivity contribution in [3.8, 4) is 0 Å². The number of hydrogen-bond donors (Lipinski definition) is 2. The van der Waals surface area contributed by atoms with Crippen LogP contribution in [0.25, 0.3) is 11.0 Å². The van der Waals surface area contributed by atoms with Crippen molar-refractivity contribution in [1.82, 2.24) is 19.7 Å². The first-order valence-corrected chi connectivity index (χ1v) is 5.48. The molecule has 6 heteroatoms. The maximum absolute atomic E-state index is 12.2. The molecular weight excluding hydrogens is 230 g/mol. The summed E-state index contributed by atoms with van der Waals surface area (Å²) in [7, 11) is 0. The average Bonchev–Trinajstić information content (AvgIpc) is 2.77. The van der Waals surface area contributed by atoms with Gasteiger partial charge in [0.1, 0.15) is 17.5 Å². The van der Waals surface area contributed by atoms with Gasteiger partial charge in [-0.25, -0.2) is 4.98 Å². The van der Waals surface area contributed by atoms with Crippen molar-refractivity contribution in [3.63, 3.8) is 0 Å². The number of anilines is 1. The van der Waals surface area contributed by atoms with E-state index < -0.39 is 0 Å². The third kappa shape index (κ3) is 1.64. The third-order valence-corrected chi connectivity index (χ3v) is 2.77. The lowest BCUT2D eigenvalue weighted by molar-refractivity contribution is 0.748. The number of benzene rings is 1. The molecule has 3 aromatic rings. The van der Waals surface area contributed by atoms with Gasteiger partial charge in [0.15, 0.2) is 5.65 Å². The minimum atomic E-state index is -0.185. The molecule has 0 fully saturated rings. The van der Waals surface area contributed by atoms with Crippen molar-refractivity contribution in [2.45, 2.75) is 6.54 Å². The lowest BCUT2D eigenvalue weighted by atomic mass is 10.2. The van der Waals surface area contributed by atoms with Gasteiger partial charge in [-0.05, 0) is 5.56 Å². The smallest absolute Gasteiger partial charge is 0.266 e. The summed E-state index contributed by atoms with van der Waals surface area (Å²) in [5.41, 5.74) is 6.86. The summed E-state index contributed by atoms with van der Waals surface area (Å²) in [6.07, 6.45) is 1.48. The monoisotopic (exact) mass is 241 g/mol. The molecule has 0 saturated carbocycles. The van der Waals surface area contributed by atoms with E-state index in [9.17, 15) is 4.79 Å². The van der Waals surface area contributed by atoms with Gasteiger partial charge < -0.3 is 5.73 Å². The highest BCUT2D eigenvalue weighted by atomic mass is 16.1. The Kier molecular flexibility index (Phi) is 2.33. The molecule has 0 atom stereocenters. The van der Waals surface area contributed by atoms with Gasteiger partial charge in [-0.1, -0.05) is 30.3 Å². The summed E-state index contributed by atoms with van der Waals surface area (Å²) < 4.78 is 1.52. The van der Waals surface area contributed by atoms with Crippen LogP contribution in [0.5, 0.6) is 0 Å². The Morgan fingerprint density at radius 3 is 2.83 bits per heavy atom. The van der Waals surface area contributed by atoms with Gasteiger partial charge >= 0.3 is 0 Å². The van der Waals surface area contributed by atoms with Crippen LogP contribution in [0.15, 0.2) is 41.5 Å². The summed E-state index contributed by atoms with van der Waals surface area (Å²) in [4.78, 5) is 16.3. The van der Waals surface area contributed by atoms with Gasteiger partial charge in [0.2, 0.25) is 0 Å². The molecule has 18 heavy (non-hydrogen) atoms. The molecule has 0 radical (unpaired) electrons. The second-order valence-corrected chi connectivity index (χ2v) is 4.00. The number of hydrogen-bond acceptors (Lipinski definition) is 4. The van der Waals surface area contributed by atoms with Crippen molar-refractivity contribution in [1.29, 1.82) is 0 Å². The lowest BCUT2D eigenvalue weighted by Gasteiger charge is -2.04. The van der Waals surface area contributed by atoms with Gasteiger partial charge in [-0.15, -0.1) is 0 Å². The average molecular weight is 241 g/mol. The molecule has 0 aliphatic rings. The molecule has 0 aliphatic heterocycles. The van der Waals surface area contributed by atoms with E-state index in [1.807, 2.05) is 30.3 Å². The Hall–Kier alpha value is -2.63. The Morgan fingerprint density at radius 2 is 2.06 bits per heavy atom. The maximum Gasteiger partial charge on any atom is 0.266 e. The van der Waals surface area contributed by atoms with Crippen LogP contribution in [0.4, 0.5) is 5.82 Å². The summed E-state index contributed by atoms with van der Waals surface area (Å²) in [5.74, 6) is 0.255. The number of fused-ring (bicyclic) bond motifs is 1. The highest BCUT2D eigenvalue weighted by Gasteiger charge is 2.10. The zero-order valence-electron chi connectivity index (χ0n) is 9.50. The van der Waals surface area contributed by atoms with E-state index in [1.54, 1.807) is 0 Å². The van der Waals surface area contributed by atoms with E-state index >= 15 is 0 Å². The quantitative estimate of drug-likeness (QED) is 0.692. The Bertz CT molecular complexity index is 744. The Labute approximate surface area is 102 Å². The zero-order valence-corrected chi connectivity index (χ0v) is 9.50. The molecule has 0 aliphatic carbocycles. The predicted octanol–water partition coefficient (Wildman–Crippen LogP) is 0.750. The second kappa shape index (κ2) is 3.99. The number of nitrogens with one attached hydrogen (secondary N) is 1. The SMILES string of the molecule is Nc1[nH]nc2ncn(Cc3ccccc3)c(=O)c12. The van der Waals surface area contributed by atoms with E-state index in [0.29, 0.717) is 17.6 Å². The van der Waals surface area contributed by atoms with Gasteiger partial charge in [0.25, 0.3) is 5.56 Å². The topological polar surface area (TPSA) is 89.6 Å².